The Morgan fingerprint density at radius 1 is 0.957 bits per heavy atom. The largest absolute Gasteiger partial charge is 0.417 e. The Morgan fingerprint density at radius 3 is 2.38 bits per heavy atom. The Morgan fingerprint density at radius 2 is 1.72 bits per heavy atom. The van der Waals surface area contributed by atoms with E-state index in [-0.39, 0.29) is 23.2 Å². The maximum Gasteiger partial charge on any atom is 0.417 e. The number of nitrogens with one attached hydrogen (secondary N) is 2. The van der Waals surface area contributed by atoms with Crippen LogP contribution in [0.5, 0.6) is 0 Å². The Hall–Kier alpha value is -3.45. The first kappa shape index (κ1) is 32.1. The van der Waals surface area contributed by atoms with E-state index in [0.717, 1.165) is 57.7 Å². The third-order valence-electron chi connectivity index (χ3n) is 9.95. The monoisotopic (exact) mass is 663 g/mol. The minimum Gasteiger partial charge on any atom is -0.324 e. The molecular weight excluding hydrogens is 623 g/mol. The predicted molar refractivity (Wildman–Crippen MR) is 182 cm³/mol. The van der Waals surface area contributed by atoms with Gasteiger partial charge >= 0.3 is 6.18 Å². The van der Waals surface area contributed by atoms with Gasteiger partial charge < -0.3 is 15.5 Å². The van der Waals surface area contributed by atoms with E-state index in [1.54, 1.807) is 28.8 Å². The molecule has 2 atom stereocenters. The van der Waals surface area contributed by atoms with E-state index in [4.69, 9.17) is 4.98 Å². The second-order valence-corrected chi connectivity index (χ2v) is 13.9. The Labute approximate surface area is 276 Å². The van der Waals surface area contributed by atoms with Crippen molar-refractivity contribution in [1.82, 2.24) is 29.1 Å². The fourth-order valence-electron chi connectivity index (χ4n) is 7.39. The number of pyridine rings is 1. The molecule has 5 heterocycles. The molecule has 2 N–H and O–H groups in total. The van der Waals surface area contributed by atoms with E-state index >= 15 is 0 Å². The van der Waals surface area contributed by atoms with Crippen LogP contribution in [0.25, 0.3) is 22.2 Å². The maximum absolute atomic E-state index is 14.6. The van der Waals surface area contributed by atoms with E-state index in [9.17, 15) is 18.0 Å². The first-order valence-corrected chi connectivity index (χ1v) is 17.6. The van der Waals surface area contributed by atoms with Crippen molar-refractivity contribution in [2.45, 2.75) is 56.3 Å². The molecule has 0 saturated carbocycles. The minimum atomic E-state index is -4.63. The molecule has 2 aromatic heterocycles. The summed E-state index contributed by atoms with van der Waals surface area (Å²) in [6.07, 6.45) is 3.20. The zero-order valence-corrected chi connectivity index (χ0v) is 27.5. The van der Waals surface area contributed by atoms with Crippen LogP contribution in [0.15, 0.2) is 59.5 Å². The zero-order chi connectivity index (χ0) is 32.7. The molecule has 0 radical (unpaired) electrons. The van der Waals surface area contributed by atoms with Crippen molar-refractivity contribution in [2.24, 2.45) is 0 Å². The minimum absolute atomic E-state index is 0.0144. The number of piperidine rings is 1. The molecule has 0 amide bonds. The van der Waals surface area contributed by atoms with Crippen molar-refractivity contribution in [1.29, 1.82) is 0 Å². The quantitative estimate of drug-likeness (QED) is 0.205. The number of benzene rings is 2. The van der Waals surface area contributed by atoms with Crippen LogP contribution in [0, 0.1) is 0 Å². The molecule has 248 valence electrons. The number of likely N-dealkylation sites (N-methyl/N-ethyl adjacent to an activating group) is 1. The molecule has 3 saturated heterocycles. The SMILES string of the molecule is CSN1CCC(n2c(=O)c(-c3ccc(C4CCCN4)cc3C(F)(F)F)cc3cnc(Nc4ccc(C5CCN(C)C5)cc4)nc32)CC1. The van der Waals surface area contributed by atoms with Gasteiger partial charge in [-0.25, -0.2) is 4.98 Å². The average molecular weight is 664 g/mol. The second kappa shape index (κ2) is 13.2. The molecule has 8 nitrogen and oxygen atoms in total. The molecular formula is C35H40F3N7OS. The topological polar surface area (TPSA) is 78.3 Å². The van der Waals surface area contributed by atoms with Gasteiger partial charge in [0.1, 0.15) is 5.65 Å². The van der Waals surface area contributed by atoms with Crippen LogP contribution in [-0.2, 0) is 6.18 Å². The third-order valence-corrected chi connectivity index (χ3v) is 10.8. The average Bonchev–Trinajstić information content (AvgIpc) is 3.77. The van der Waals surface area contributed by atoms with Crippen molar-refractivity contribution in [3.05, 3.63) is 81.8 Å². The van der Waals surface area contributed by atoms with Crippen LogP contribution >= 0.6 is 11.9 Å². The van der Waals surface area contributed by atoms with Gasteiger partial charge in [-0.15, -0.1) is 0 Å². The Kier molecular flexibility index (Phi) is 9.03. The van der Waals surface area contributed by atoms with E-state index in [0.29, 0.717) is 41.3 Å². The number of anilines is 2. The molecule has 2 unspecified atom stereocenters. The summed E-state index contributed by atoms with van der Waals surface area (Å²) in [5, 5.41) is 7.09. The lowest BCUT2D eigenvalue weighted by Gasteiger charge is -2.32. The van der Waals surface area contributed by atoms with Crippen LogP contribution in [0.3, 0.4) is 0 Å². The summed E-state index contributed by atoms with van der Waals surface area (Å²) in [7, 11) is 2.14. The number of nitrogens with zero attached hydrogens (tertiary/aromatic N) is 5. The van der Waals surface area contributed by atoms with Gasteiger partial charge in [-0.3, -0.25) is 13.7 Å². The third kappa shape index (κ3) is 6.65. The highest BCUT2D eigenvalue weighted by atomic mass is 32.2. The smallest absolute Gasteiger partial charge is 0.324 e. The van der Waals surface area contributed by atoms with E-state index < -0.39 is 17.3 Å². The summed E-state index contributed by atoms with van der Waals surface area (Å²) >= 11 is 1.66. The second-order valence-electron chi connectivity index (χ2n) is 13.0. The summed E-state index contributed by atoms with van der Waals surface area (Å²) in [6.45, 7) is 4.44. The van der Waals surface area contributed by atoms with E-state index in [1.165, 1.54) is 23.8 Å². The van der Waals surface area contributed by atoms with Gasteiger partial charge in [0.05, 0.1) is 5.56 Å². The van der Waals surface area contributed by atoms with Gasteiger partial charge in [-0.1, -0.05) is 36.2 Å². The van der Waals surface area contributed by atoms with Crippen LogP contribution in [0.1, 0.15) is 66.8 Å². The molecule has 4 aromatic rings. The molecule has 0 bridgehead atoms. The van der Waals surface area contributed by atoms with Crippen LogP contribution in [-0.4, -0.2) is 69.8 Å². The van der Waals surface area contributed by atoms with Crippen molar-refractivity contribution in [2.75, 3.05) is 51.3 Å². The number of hydrogen-bond acceptors (Lipinski definition) is 8. The van der Waals surface area contributed by atoms with Gasteiger partial charge in [-0.05, 0) is 105 Å². The van der Waals surface area contributed by atoms with Crippen LogP contribution < -0.4 is 16.2 Å². The van der Waals surface area contributed by atoms with Crippen molar-refractivity contribution < 1.29 is 13.2 Å². The summed E-state index contributed by atoms with van der Waals surface area (Å²) in [5.74, 6) is 0.846. The highest BCUT2D eigenvalue weighted by Crippen LogP contribution is 2.40. The number of halogens is 3. The molecule has 7 rings (SSSR count). The Bertz CT molecular complexity index is 1800. The molecule has 0 spiro atoms. The highest BCUT2D eigenvalue weighted by molar-refractivity contribution is 7.96. The summed E-state index contributed by atoms with van der Waals surface area (Å²) < 4.78 is 47.7. The number of hydrogen-bond donors (Lipinski definition) is 2. The molecule has 3 aliphatic rings. The van der Waals surface area contributed by atoms with Crippen molar-refractivity contribution in [3.63, 3.8) is 0 Å². The fourth-order valence-corrected chi connectivity index (χ4v) is 7.96. The van der Waals surface area contributed by atoms with Gasteiger partial charge in [0.25, 0.3) is 5.56 Å². The molecule has 12 heteroatoms. The summed E-state index contributed by atoms with van der Waals surface area (Å²) in [5.41, 5.74) is 1.77. The van der Waals surface area contributed by atoms with Crippen LogP contribution in [0.4, 0.5) is 24.8 Å². The molecule has 47 heavy (non-hydrogen) atoms. The number of aromatic nitrogens is 3. The van der Waals surface area contributed by atoms with E-state index in [1.807, 2.05) is 18.4 Å². The summed E-state index contributed by atoms with van der Waals surface area (Å²) in [4.78, 5) is 26.1. The zero-order valence-electron chi connectivity index (χ0n) is 26.7. The number of fused-ring (bicyclic) bond motifs is 1. The first-order chi connectivity index (χ1) is 22.7. The number of likely N-dealkylation sites (tertiary alicyclic amines) is 1. The van der Waals surface area contributed by atoms with Gasteiger partial charge in [0.15, 0.2) is 0 Å². The molecule has 2 aromatic carbocycles. The van der Waals surface area contributed by atoms with Gasteiger partial charge in [0, 0.05) is 54.6 Å². The normalized spacial score (nSPS) is 21.6. The standard InChI is InChI=1S/C35H40F3N7OS/c1-43-15-11-24(21-43)22-5-8-26(9-6-22)41-34-40-20-25-18-29(33(46)45(32(25)42-34)27-12-16-44(47-2)17-13-27)28-10-7-23(31-4-3-14-39-31)19-30(28)35(36,37)38/h5-10,18-20,24,27,31,39H,3-4,11-17,21H2,1-2H3,(H,40,41,42). The Balaban J connectivity index is 1.29. The lowest BCUT2D eigenvalue weighted by molar-refractivity contribution is -0.137. The maximum atomic E-state index is 14.6. The molecule has 0 aliphatic carbocycles. The predicted octanol–water partition coefficient (Wildman–Crippen LogP) is 6.98. The molecule has 3 aliphatic heterocycles. The van der Waals surface area contributed by atoms with E-state index in [2.05, 4.69) is 44.0 Å². The fraction of sp³-hybridized carbons (Fsp3) is 0.457. The molecule has 3 fully saturated rings. The highest BCUT2D eigenvalue weighted by Gasteiger charge is 2.36. The van der Waals surface area contributed by atoms with Crippen LogP contribution in [0.2, 0.25) is 0 Å². The number of alkyl halides is 3. The van der Waals surface area contributed by atoms with Gasteiger partial charge in [0.2, 0.25) is 5.95 Å². The lowest BCUT2D eigenvalue weighted by Crippen LogP contribution is -2.35. The summed E-state index contributed by atoms with van der Waals surface area (Å²) in [6, 6.07) is 13.9. The first-order valence-electron chi connectivity index (χ1n) is 16.4. The number of rotatable bonds is 7. The van der Waals surface area contributed by atoms with Crippen molar-refractivity contribution >= 4 is 34.6 Å². The van der Waals surface area contributed by atoms with Gasteiger partial charge in [-0.2, -0.15) is 18.2 Å². The lowest BCUT2D eigenvalue weighted by atomic mass is 9.94. The van der Waals surface area contributed by atoms with Crippen molar-refractivity contribution in [3.8, 4) is 11.1 Å².